The molecular formula is C26H26N4O3S. The summed E-state index contributed by atoms with van der Waals surface area (Å²) in [6.45, 7) is 4.20. The van der Waals surface area contributed by atoms with Gasteiger partial charge in [0.05, 0.1) is 11.3 Å². The maximum Gasteiger partial charge on any atom is 0.294 e. The van der Waals surface area contributed by atoms with Gasteiger partial charge in [-0.3, -0.25) is 9.59 Å². The summed E-state index contributed by atoms with van der Waals surface area (Å²) in [6, 6.07) is 16.7. The first-order valence-corrected chi connectivity index (χ1v) is 12.4. The van der Waals surface area contributed by atoms with Gasteiger partial charge in [0.1, 0.15) is 18.0 Å². The molecule has 1 aliphatic heterocycles. The van der Waals surface area contributed by atoms with Crippen molar-refractivity contribution in [1.82, 2.24) is 14.8 Å². The molecule has 0 saturated carbocycles. The summed E-state index contributed by atoms with van der Waals surface area (Å²) in [7, 11) is 0. The SMILES string of the molecule is CCOc1ccc(C(=O)Cn2nc(-c3ccccc3)c3sc(N4CCCCC4)nc3c2=O)cc1. The quantitative estimate of drug-likeness (QED) is 0.359. The van der Waals surface area contributed by atoms with Crippen molar-refractivity contribution in [2.45, 2.75) is 32.7 Å². The van der Waals surface area contributed by atoms with E-state index in [1.165, 1.54) is 22.4 Å². The second-order valence-electron chi connectivity index (χ2n) is 8.28. The predicted octanol–water partition coefficient (Wildman–Crippen LogP) is 4.79. The standard InChI is InChI=1S/C26H26N4O3S/c1-2-33-20-13-11-18(12-14-20)21(31)17-30-25(32)23-24(22(28-30)19-9-5-3-6-10-19)34-26(27-23)29-15-7-4-8-16-29/h3,5-6,9-14H,2,4,7-8,15-17H2,1H3. The predicted molar refractivity (Wildman–Crippen MR) is 135 cm³/mol. The van der Waals surface area contributed by atoms with Gasteiger partial charge in [-0.2, -0.15) is 5.10 Å². The van der Waals surface area contributed by atoms with Crippen molar-refractivity contribution in [1.29, 1.82) is 0 Å². The monoisotopic (exact) mass is 474 g/mol. The van der Waals surface area contributed by atoms with Crippen molar-refractivity contribution < 1.29 is 9.53 Å². The summed E-state index contributed by atoms with van der Waals surface area (Å²) in [4.78, 5) is 33.4. The number of anilines is 1. The number of carbonyl (C=O) groups excluding carboxylic acids is 1. The molecule has 7 nitrogen and oxygen atoms in total. The van der Waals surface area contributed by atoms with Crippen LogP contribution in [0.1, 0.15) is 36.5 Å². The lowest BCUT2D eigenvalue weighted by Crippen LogP contribution is -2.29. The van der Waals surface area contributed by atoms with Crippen LogP contribution in [0.3, 0.4) is 0 Å². The molecule has 2 aromatic carbocycles. The fourth-order valence-electron chi connectivity index (χ4n) is 4.19. The fourth-order valence-corrected chi connectivity index (χ4v) is 5.31. The Balaban J connectivity index is 1.55. The van der Waals surface area contributed by atoms with E-state index in [2.05, 4.69) is 10.00 Å². The van der Waals surface area contributed by atoms with Crippen LogP contribution in [0.5, 0.6) is 5.75 Å². The Morgan fingerprint density at radius 1 is 1.03 bits per heavy atom. The zero-order valence-corrected chi connectivity index (χ0v) is 19.9. The van der Waals surface area contributed by atoms with E-state index in [4.69, 9.17) is 9.72 Å². The molecule has 1 aliphatic rings. The fraction of sp³-hybridized carbons (Fsp3) is 0.308. The Kier molecular flexibility index (Phi) is 6.40. The van der Waals surface area contributed by atoms with Gasteiger partial charge in [0.25, 0.3) is 5.56 Å². The zero-order chi connectivity index (χ0) is 23.5. The molecule has 1 saturated heterocycles. The van der Waals surface area contributed by atoms with Gasteiger partial charge in [-0.25, -0.2) is 9.67 Å². The first-order valence-electron chi connectivity index (χ1n) is 11.6. The summed E-state index contributed by atoms with van der Waals surface area (Å²) in [5.41, 5.74) is 2.11. The topological polar surface area (TPSA) is 77.3 Å². The van der Waals surface area contributed by atoms with Crippen LogP contribution in [-0.4, -0.2) is 40.2 Å². The summed E-state index contributed by atoms with van der Waals surface area (Å²) in [5, 5.41) is 5.50. The zero-order valence-electron chi connectivity index (χ0n) is 19.1. The van der Waals surface area contributed by atoms with Crippen molar-refractivity contribution in [3.05, 3.63) is 70.5 Å². The van der Waals surface area contributed by atoms with Crippen LogP contribution in [0.15, 0.2) is 59.4 Å². The number of Topliss-reactive ketones (excluding diaryl/α,β-unsaturated/α-hetero) is 1. The third-order valence-corrected chi connectivity index (χ3v) is 7.07. The van der Waals surface area contributed by atoms with E-state index in [0.717, 1.165) is 41.3 Å². The van der Waals surface area contributed by atoms with Gasteiger partial charge < -0.3 is 9.64 Å². The third kappa shape index (κ3) is 4.46. The summed E-state index contributed by atoms with van der Waals surface area (Å²) in [5.74, 6) is 0.511. The molecule has 3 heterocycles. The third-order valence-electron chi connectivity index (χ3n) is 5.94. The molecule has 0 aliphatic carbocycles. The molecule has 4 aromatic rings. The van der Waals surface area contributed by atoms with Gasteiger partial charge in [0.2, 0.25) is 0 Å². The highest BCUT2D eigenvalue weighted by atomic mass is 32.1. The van der Waals surface area contributed by atoms with Crippen LogP contribution in [0.4, 0.5) is 5.13 Å². The average molecular weight is 475 g/mol. The minimum Gasteiger partial charge on any atom is -0.494 e. The van der Waals surface area contributed by atoms with E-state index in [1.54, 1.807) is 24.3 Å². The number of fused-ring (bicyclic) bond motifs is 1. The van der Waals surface area contributed by atoms with Gasteiger partial charge in [-0.1, -0.05) is 41.7 Å². The van der Waals surface area contributed by atoms with Crippen molar-refractivity contribution in [3.8, 4) is 17.0 Å². The Hall–Kier alpha value is -3.52. The number of hydrogen-bond acceptors (Lipinski definition) is 7. The molecule has 174 valence electrons. The molecule has 0 spiro atoms. The van der Waals surface area contributed by atoms with Crippen LogP contribution in [0.2, 0.25) is 0 Å². The maximum atomic E-state index is 13.4. The largest absolute Gasteiger partial charge is 0.494 e. The molecule has 0 atom stereocenters. The van der Waals surface area contributed by atoms with Gasteiger partial charge in [0, 0.05) is 24.2 Å². The number of aromatic nitrogens is 3. The van der Waals surface area contributed by atoms with Crippen molar-refractivity contribution in [3.63, 3.8) is 0 Å². The van der Waals surface area contributed by atoms with E-state index < -0.39 is 0 Å². The molecule has 0 unspecified atom stereocenters. The molecule has 0 amide bonds. The Morgan fingerprint density at radius 3 is 2.47 bits per heavy atom. The second-order valence-corrected chi connectivity index (χ2v) is 9.26. The normalized spacial score (nSPS) is 13.9. The first kappa shape index (κ1) is 22.3. The molecule has 2 aromatic heterocycles. The van der Waals surface area contributed by atoms with E-state index in [0.29, 0.717) is 29.1 Å². The van der Waals surface area contributed by atoms with Gasteiger partial charge in [-0.15, -0.1) is 0 Å². The van der Waals surface area contributed by atoms with Gasteiger partial charge in [0.15, 0.2) is 16.4 Å². The maximum absolute atomic E-state index is 13.4. The van der Waals surface area contributed by atoms with Crippen molar-refractivity contribution >= 4 is 32.5 Å². The van der Waals surface area contributed by atoms with E-state index >= 15 is 0 Å². The number of ketones is 1. The molecule has 0 N–H and O–H groups in total. The highest BCUT2D eigenvalue weighted by Gasteiger charge is 2.22. The molecule has 0 bridgehead atoms. The number of thiazole rings is 1. The van der Waals surface area contributed by atoms with Crippen LogP contribution < -0.4 is 15.2 Å². The number of nitrogens with zero attached hydrogens (tertiary/aromatic N) is 4. The van der Waals surface area contributed by atoms with Crippen LogP contribution in [0, 0.1) is 0 Å². The number of ether oxygens (including phenoxy) is 1. The summed E-state index contributed by atoms with van der Waals surface area (Å²) < 4.78 is 7.47. The van der Waals surface area contributed by atoms with Crippen molar-refractivity contribution in [2.75, 3.05) is 24.6 Å². The number of rotatable bonds is 7. The highest BCUT2D eigenvalue weighted by molar-refractivity contribution is 7.22. The molecule has 1 fully saturated rings. The Morgan fingerprint density at radius 2 is 1.76 bits per heavy atom. The number of hydrogen-bond donors (Lipinski definition) is 0. The van der Waals surface area contributed by atoms with Crippen LogP contribution in [-0.2, 0) is 6.54 Å². The van der Waals surface area contributed by atoms with Crippen LogP contribution >= 0.6 is 11.3 Å². The highest BCUT2D eigenvalue weighted by Crippen LogP contribution is 2.34. The lowest BCUT2D eigenvalue weighted by atomic mass is 10.1. The molecule has 34 heavy (non-hydrogen) atoms. The number of benzene rings is 2. The average Bonchev–Trinajstić information content (AvgIpc) is 3.33. The van der Waals surface area contributed by atoms with E-state index in [9.17, 15) is 9.59 Å². The lowest BCUT2D eigenvalue weighted by Gasteiger charge is -2.25. The van der Waals surface area contributed by atoms with Gasteiger partial charge in [-0.05, 0) is 50.5 Å². The Labute approximate surface area is 201 Å². The molecular weight excluding hydrogens is 448 g/mol. The minimum atomic E-state index is -0.339. The first-order chi connectivity index (χ1) is 16.6. The molecule has 0 radical (unpaired) electrons. The summed E-state index contributed by atoms with van der Waals surface area (Å²) in [6.07, 6.45) is 3.47. The van der Waals surface area contributed by atoms with Crippen molar-refractivity contribution in [2.24, 2.45) is 0 Å². The second kappa shape index (κ2) is 9.77. The lowest BCUT2D eigenvalue weighted by molar-refractivity contribution is 0.0966. The number of carbonyl (C=O) groups is 1. The van der Waals surface area contributed by atoms with E-state index in [-0.39, 0.29) is 17.9 Å². The molecule has 8 heteroatoms. The van der Waals surface area contributed by atoms with Gasteiger partial charge >= 0.3 is 0 Å². The molecule has 5 rings (SSSR count). The Bertz CT molecular complexity index is 1360. The van der Waals surface area contributed by atoms with Crippen LogP contribution in [0.25, 0.3) is 21.5 Å². The van der Waals surface area contributed by atoms with E-state index in [1.807, 2.05) is 37.3 Å². The number of piperidine rings is 1. The summed E-state index contributed by atoms with van der Waals surface area (Å²) >= 11 is 1.51. The minimum absolute atomic E-state index is 0.154. The smallest absolute Gasteiger partial charge is 0.294 e.